The van der Waals surface area contributed by atoms with Crippen molar-refractivity contribution in [2.75, 3.05) is 5.32 Å². The molecular formula is C14H16N2OS. The van der Waals surface area contributed by atoms with Gasteiger partial charge >= 0.3 is 0 Å². The topological polar surface area (TPSA) is 55.1 Å². The summed E-state index contributed by atoms with van der Waals surface area (Å²) >= 11 is 1.72. The van der Waals surface area contributed by atoms with Crippen LogP contribution in [-0.2, 0) is 4.79 Å². The van der Waals surface area contributed by atoms with Gasteiger partial charge in [0.15, 0.2) is 0 Å². The number of amides is 1. The molecule has 0 aliphatic heterocycles. The van der Waals surface area contributed by atoms with E-state index in [0.29, 0.717) is 0 Å². The molecule has 1 amide bonds. The molecule has 2 aromatic rings. The number of carbonyl (C=O) groups is 1. The number of nitrogens with one attached hydrogen (secondary N) is 1. The highest BCUT2D eigenvalue weighted by molar-refractivity contribution is 7.13. The summed E-state index contributed by atoms with van der Waals surface area (Å²) in [5.74, 6) is -0.354. The zero-order valence-electron chi connectivity index (χ0n) is 10.4. The van der Waals surface area contributed by atoms with E-state index >= 15 is 0 Å². The van der Waals surface area contributed by atoms with Gasteiger partial charge in [0.25, 0.3) is 0 Å². The molecule has 18 heavy (non-hydrogen) atoms. The first-order chi connectivity index (χ1) is 8.58. The standard InChI is InChI=1S/C14H16N2OS/c1-9-6-7-18-13(9)11-4-3-5-12(8-11)16-10(2)14(15)17/h3-8,10,16H,1-2H3,(H2,15,17)/t10-/m1/s1. The maximum absolute atomic E-state index is 11.0. The first-order valence-corrected chi connectivity index (χ1v) is 6.66. The maximum Gasteiger partial charge on any atom is 0.239 e. The summed E-state index contributed by atoms with van der Waals surface area (Å²) in [6, 6.07) is 9.75. The lowest BCUT2D eigenvalue weighted by Gasteiger charge is -2.12. The van der Waals surface area contributed by atoms with E-state index in [4.69, 9.17) is 5.73 Å². The number of rotatable bonds is 4. The maximum atomic E-state index is 11.0. The first-order valence-electron chi connectivity index (χ1n) is 5.78. The molecule has 0 aliphatic carbocycles. The fourth-order valence-electron chi connectivity index (χ4n) is 1.74. The zero-order chi connectivity index (χ0) is 13.1. The summed E-state index contributed by atoms with van der Waals surface area (Å²) in [5, 5.41) is 5.17. The summed E-state index contributed by atoms with van der Waals surface area (Å²) < 4.78 is 0. The van der Waals surface area contributed by atoms with Crippen LogP contribution in [0.1, 0.15) is 12.5 Å². The Bertz CT molecular complexity index is 562. The van der Waals surface area contributed by atoms with Crippen molar-refractivity contribution in [3.05, 3.63) is 41.3 Å². The summed E-state index contributed by atoms with van der Waals surface area (Å²) in [7, 11) is 0. The number of hydrogen-bond donors (Lipinski definition) is 2. The van der Waals surface area contributed by atoms with Crippen LogP contribution in [0.5, 0.6) is 0 Å². The molecule has 0 spiro atoms. The number of anilines is 1. The number of hydrogen-bond acceptors (Lipinski definition) is 3. The Labute approximate surface area is 111 Å². The second-order valence-electron chi connectivity index (χ2n) is 4.28. The minimum absolute atomic E-state index is 0.354. The lowest BCUT2D eigenvalue weighted by molar-refractivity contribution is -0.118. The normalized spacial score (nSPS) is 12.1. The molecule has 0 saturated carbocycles. The molecule has 1 heterocycles. The Kier molecular flexibility index (Phi) is 3.67. The quantitative estimate of drug-likeness (QED) is 0.888. The van der Waals surface area contributed by atoms with Crippen LogP contribution >= 0.6 is 11.3 Å². The van der Waals surface area contributed by atoms with E-state index in [2.05, 4.69) is 29.8 Å². The van der Waals surface area contributed by atoms with Crippen LogP contribution in [0.4, 0.5) is 5.69 Å². The van der Waals surface area contributed by atoms with Crippen LogP contribution in [0.2, 0.25) is 0 Å². The van der Waals surface area contributed by atoms with Crippen molar-refractivity contribution in [3.63, 3.8) is 0 Å². The Morgan fingerprint density at radius 2 is 2.17 bits per heavy atom. The third kappa shape index (κ3) is 2.71. The van der Waals surface area contributed by atoms with Crippen molar-refractivity contribution in [2.24, 2.45) is 5.73 Å². The highest BCUT2D eigenvalue weighted by Crippen LogP contribution is 2.30. The van der Waals surface area contributed by atoms with Gasteiger partial charge in [-0.15, -0.1) is 11.3 Å². The molecule has 0 unspecified atom stereocenters. The molecule has 0 fully saturated rings. The van der Waals surface area contributed by atoms with Gasteiger partial charge in [0, 0.05) is 10.6 Å². The van der Waals surface area contributed by atoms with Crippen LogP contribution in [0.25, 0.3) is 10.4 Å². The van der Waals surface area contributed by atoms with Crippen LogP contribution < -0.4 is 11.1 Å². The molecule has 2 rings (SSSR count). The highest BCUT2D eigenvalue weighted by Gasteiger charge is 2.09. The summed E-state index contributed by atoms with van der Waals surface area (Å²) in [6.07, 6.45) is 0. The smallest absolute Gasteiger partial charge is 0.239 e. The Morgan fingerprint density at radius 3 is 2.78 bits per heavy atom. The van der Waals surface area contributed by atoms with Gasteiger partial charge in [-0.05, 0) is 48.6 Å². The second kappa shape index (κ2) is 5.23. The summed E-state index contributed by atoms with van der Waals surface area (Å²) in [4.78, 5) is 12.3. The Balaban J connectivity index is 2.26. The Morgan fingerprint density at radius 1 is 1.39 bits per heavy atom. The van der Waals surface area contributed by atoms with E-state index in [-0.39, 0.29) is 11.9 Å². The van der Waals surface area contributed by atoms with Crippen LogP contribution in [0, 0.1) is 6.92 Å². The number of nitrogens with two attached hydrogens (primary N) is 1. The van der Waals surface area contributed by atoms with Gasteiger partial charge in [0.05, 0.1) is 0 Å². The van der Waals surface area contributed by atoms with Crippen molar-refractivity contribution < 1.29 is 4.79 Å². The van der Waals surface area contributed by atoms with Gasteiger partial charge in [-0.25, -0.2) is 0 Å². The fraction of sp³-hybridized carbons (Fsp3) is 0.214. The molecule has 0 radical (unpaired) electrons. The van der Waals surface area contributed by atoms with Crippen LogP contribution in [-0.4, -0.2) is 11.9 Å². The predicted molar refractivity (Wildman–Crippen MR) is 76.8 cm³/mol. The van der Waals surface area contributed by atoms with Gasteiger partial charge in [-0.3, -0.25) is 4.79 Å². The lowest BCUT2D eigenvalue weighted by Crippen LogP contribution is -2.32. The van der Waals surface area contributed by atoms with Crippen LogP contribution in [0.3, 0.4) is 0 Å². The minimum Gasteiger partial charge on any atom is -0.374 e. The highest BCUT2D eigenvalue weighted by atomic mass is 32.1. The monoisotopic (exact) mass is 260 g/mol. The van der Waals surface area contributed by atoms with Gasteiger partial charge in [-0.1, -0.05) is 12.1 Å². The average molecular weight is 260 g/mol. The third-order valence-corrected chi connectivity index (χ3v) is 3.86. The van der Waals surface area contributed by atoms with Crippen LogP contribution in [0.15, 0.2) is 35.7 Å². The van der Waals surface area contributed by atoms with E-state index in [1.807, 2.05) is 18.2 Å². The molecule has 0 saturated heterocycles. The average Bonchev–Trinajstić information content (AvgIpc) is 2.75. The van der Waals surface area contributed by atoms with E-state index in [1.165, 1.54) is 10.4 Å². The van der Waals surface area contributed by atoms with Gasteiger partial charge in [0.1, 0.15) is 6.04 Å². The molecule has 1 atom stereocenters. The number of thiophene rings is 1. The van der Waals surface area contributed by atoms with Crippen molar-refractivity contribution in [1.82, 2.24) is 0 Å². The molecule has 94 valence electrons. The lowest BCUT2D eigenvalue weighted by atomic mass is 10.1. The molecule has 0 aliphatic rings. The molecule has 4 heteroatoms. The van der Waals surface area contributed by atoms with Crippen molar-refractivity contribution in [1.29, 1.82) is 0 Å². The molecule has 1 aromatic carbocycles. The minimum atomic E-state index is -0.371. The first kappa shape index (κ1) is 12.6. The molecule has 0 bridgehead atoms. The Hall–Kier alpha value is -1.81. The van der Waals surface area contributed by atoms with Gasteiger partial charge in [0.2, 0.25) is 5.91 Å². The van der Waals surface area contributed by atoms with E-state index in [1.54, 1.807) is 18.3 Å². The van der Waals surface area contributed by atoms with Crippen molar-refractivity contribution in [2.45, 2.75) is 19.9 Å². The summed E-state index contributed by atoms with van der Waals surface area (Å²) in [6.45, 7) is 3.85. The number of carbonyl (C=O) groups excluding carboxylic acids is 1. The number of primary amides is 1. The van der Waals surface area contributed by atoms with E-state index < -0.39 is 0 Å². The van der Waals surface area contributed by atoms with Gasteiger partial charge < -0.3 is 11.1 Å². The molecule has 1 aromatic heterocycles. The summed E-state index contributed by atoms with van der Waals surface area (Å²) in [5.41, 5.74) is 8.57. The fourth-order valence-corrected chi connectivity index (χ4v) is 2.67. The third-order valence-electron chi connectivity index (χ3n) is 2.80. The SMILES string of the molecule is Cc1ccsc1-c1cccc(N[C@H](C)C(N)=O)c1. The zero-order valence-corrected chi connectivity index (χ0v) is 11.3. The molecule has 3 nitrogen and oxygen atoms in total. The second-order valence-corrected chi connectivity index (χ2v) is 5.20. The van der Waals surface area contributed by atoms with Crippen molar-refractivity contribution in [3.8, 4) is 10.4 Å². The van der Waals surface area contributed by atoms with E-state index in [9.17, 15) is 4.79 Å². The van der Waals surface area contributed by atoms with E-state index in [0.717, 1.165) is 11.3 Å². The number of aryl methyl sites for hydroxylation is 1. The number of benzene rings is 1. The van der Waals surface area contributed by atoms with Crippen molar-refractivity contribution >= 4 is 22.9 Å². The molecular weight excluding hydrogens is 244 g/mol. The van der Waals surface area contributed by atoms with Gasteiger partial charge in [-0.2, -0.15) is 0 Å². The predicted octanol–water partition coefficient (Wildman–Crippen LogP) is 3.01. The largest absolute Gasteiger partial charge is 0.374 e. The molecule has 3 N–H and O–H groups in total.